The van der Waals surface area contributed by atoms with Gasteiger partial charge in [-0.15, -0.1) is 0 Å². The lowest BCUT2D eigenvalue weighted by molar-refractivity contribution is -0.159. The fraction of sp³-hybridized carbons (Fsp3) is 0.429. The molecule has 6 nitrogen and oxygen atoms in total. The number of hydrogen-bond acceptors (Lipinski definition) is 4. The highest BCUT2D eigenvalue weighted by Gasteiger charge is 2.48. The number of hydrogen-bond donors (Lipinski definition) is 3. The quantitative estimate of drug-likeness (QED) is 0.771. The van der Waals surface area contributed by atoms with Crippen LogP contribution >= 0.6 is 0 Å². The van der Waals surface area contributed by atoms with Gasteiger partial charge in [0.05, 0.1) is 6.04 Å². The number of aliphatic hydroxyl groups is 1. The number of carbonyl (C=O) groups excluding carboxylic acids is 1. The third-order valence-corrected chi connectivity index (χ3v) is 3.50. The van der Waals surface area contributed by atoms with Gasteiger partial charge >= 0.3 is 12.1 Å². The van der Waals surface area contributed by atoms with Gasteiger partial charge in [0, 0.05) is 0 Å². The summed E-state index contributed by atoms with van der Waals surface area (Å²) in [6, 6.07) is 8.33. The Hall–Kier alpha value is -2.08. The number of nitrogens with one attached hydrogen (secondary N) is 1. The van der Waals surface area contributed by atoms with E-state index in [4.69, 9.17) is 9.84 Å². The van der Waals surface area contributed by atoms with Crippen molar-refractivity contribution in [2.24, 2.45) is 0 Å². The molecule has 0 heterocycles. The lowest BCUT2D eigenvalue weighted by Gasteiger charge is -2.25. The van der Waals surface area contributed by atoms with E-state index in [1.54, 1.807) is 0 Å². The molecule has 1 aromatic carbocycles. The molecule has 0 bridgehead atoms. The molecule has 1 aliphatic carbocycles. The van der Waals surface area contributed by atoms with Crippen LogP contribution in [0.2, 0.25) is 0 Å². The SMILES string of the molecule is O=C(N[C@@H]1CCC[C@]1(O)C(=O)O)OCc1ccccc1. The fourth-order valence-corrected chi connectivity index (χ4v) is 2.34. The molecule has 1 saturated carbocycles. The first kappa shape index (κ1) is 14.3. The molecule has 0 aromatic heterocycles. The predicted molar refractivity (Wildman–Crippen MR) is 70.0 cm³/mol. The van der Waals surface area contributed by atoms with E-state index >= 15 is 0 Å². The maximum absolute atomic E-state index is 11.6. The predicted octanol–water partition coefficient (Wildman–Crippen LogP) is 1.28. The summed E-state index contributed by atoms with van der Waals surface area (Å²) in [6.45, 7) is 0.102. The highest BCUT2D eigenvalue weighted by atomic mass is 16.5. The molecule has 1 fully saturated rings. The number of amides is 1. The smallest absolute Gasteiger partial charge is 0.407 e. The normalized spacial score (nSPS) is 25.1. The summed E-state index contributed by atoms with van der Waals surface area (Å²) in [5.41, 5.74) is -1.06. The molecule has 0 radical (unpaired) electrons. The zero-order valence-electron chi connectivity index (χ0n) is 10.9. The minimum absolute atomic E-state index is 0.102. The Morgan fingerprint density at radius 3 is 2.70 bits per heavy atom. The van der Waals surface area contributed by atoms with Gasteiger partial charge in [-0.05, 0) is 24.8 Å². The Bertz CT molecular complexity index is 490. The highest BCUT2D eigenvalue weighted by Crippen LogP contribution is 2.30. The van der Waals surface area contributed by atoms with Crippen molar-refractivity contribution >= 4 is 12.1 Å². The number of carbonyl (C=O) groups is 2. The van der Waals surface area contributed by atoms with Crippen molar-refractivity contribution in [3.63, 3.8) is 0 Å². The average Bonchev–Trinajstić information content (AvgIpc) is 2.80. The van der Waals surface area contributed by atoms with E-state index in [-0.39, 0.29) is 13.0 Å². The van der Waals surface area contributed by atoms with Gasteiger partial charge in [-0.3, -0.25) is 0 Å². The topological polar surface area (TPSA) is 95.9 Å². The van der Waals surface area contributed by atoms with Crippen LogP contribution in [0.15, 0.2) is 30.3 Å². The number of alkyl carbamates (subject to hydrolysis) is 1. The Morgan fingerprint density at radius 1 is 1.35 bits per heavy atom. The van der Waals surface area contributed by atoms with E-state index in [1.807, 2.05) is 30.3 Å². The fourth-order valence-electron chi connectivity index (χ4n) is 2.34. The Balaban J connectivity index is 1.87. The standard InChI is InChI=1S/C14H17NO5/c16-12(17)14(19)8-4-7-11(14)15-13(18)20-9-10-5-2-1-3-6-10/h1-3,5-6,11,19H,4,7-9H2,(H,15,18)(H,16,17)/t11-,14-/m1/s1. The minimum Gasteiger partial charge on any atom is -0.479 e. The van der Waals surface area contributed by atoms with E-state index in [2.05, 4.69) is 5.32 Å². The summed E-state index contributed by atoms with van der Waals surface area (Å²) in [6.07, 6.45) is 0.377. The first-order chi connectivity index (χ1) is 9.52. The van der Waals surface area contributed by atoms with Crippen LogP contribution < -0.4 is 5.32 Å². The van der Waals surface area contributed by atoms with Gasteiger partial charge in [-0.2, -0.15) is 0 Å². The summed E-state index contributed by atoms with van der Waals surface area (Å²) >= 11 is 0. The third-order valence-electron chi connectivity index (χ3n) is 3.50. The highest BCUT2D eigenvalue weighted by molar-refractivity contribution is 5.80. The van der Waals surface area contributed by atoms with Crippen LogP contribution in [0.3, 0.4) is 0 Å². The van der Waals surface area contributed by atoms with Crippen molar-refractivity contribution < 1.29 is 24.5 Å². The monoisotopic (exact) mass is 279 g/mol. The Morgan fingerprint density at radius 2 is 2.05 bits per heavy atom. The molecule has 1 aromatic rings. The van der Waals surface area contributed by atoms with Crippen LogP contribution in [-0.2, 0) is 16.1 Å². The molecule has 1 aliphatic rings. The largest absolute Gasteiger partial charge is 0.479 e. The summed E-state index contributed by atoms with van der Waals surface area (Å²) in [7, 11) is 0. The van der Waals surface area contributed by atoms with E-state index in [1.165, 1.54) is 0 Å². The Labute approximate surface area is 116 Å². The van der Waals surface area contributed by atoms with Gasteiger partial charge in [0.25, 0.3) is 0 Å². The van der Waals surface area contributed by atoms with Crippen molar-refractivity contribution in [3.05, 3.63) is 35.9 Å². The molecule has 108 valence electrons. The zero-order valence-corrected chi connectivity index (χ0v) is 10.9. The van der Waals surface area contributed by atoms with E-state index in [9.17, 15) is 14.7 Å². The third kappa shape index (κ3) is 3.08. The van der Waals surface area contributed by atoms with Crippen molar-refractivity contribution in [2.75, 3.05) is 0 Å². The molecule has 6 heteroatoms. The van der Waals surface area contributed by atoms with Gasteiger partial charge in [0.15, 0.2) is 5.60 Å². The lowest BCUT2D eigenvalue weighted by Crippen LogP contribution is -2.54. The molecule has 0 unspecified atom stereocenters. The Kier molecular flexibility index (Phi) is 4.24. The second-order valence-corrected chi connectivity index (χ2v) is 4.88. The molecular weight excluding hydrogens is 262 g/mol. The molecule has 0 aliphatic heterocycles. The number of benzene rings is 1. The van der Waals surface area contributed by atoms with Gasteiger partial charge in [-0.1, -0.05) is 30.3 Å². The molecule has 0 spiro atoms. The second-order valence-electron chi connectivity index (χ2n) is 4.88. The first-order valence-corrected chi connectivity index (χ1v) is 6.45. The summed E-state index contributed by atoms with van der Waals surface area (Å²) in [5, 5.41) is 21.4. The van der Waals surface area contributed by atoms with Crippen molar-refractivity contribution in [3.8, 4) is 0 Å². The van der Waals surface area contributed by atoms with Gasteiger partial charge < -0.3 is 20.3 Å². The number of carboxylic acids is 1. The van der Waals surface area contributed by atoms with Crippen LogP contribution in [0.4, 0.5) is 4.79 Å². The number of aliphatic carboxylic acids is 1. The second kappa shape index (κ2) is 5.92. The van der Waals surface area contributed by atoms with Crippen LogP contribution in [0.1, 0.15) is 24.8 Å². The first-order valence-electron chi connectivity index (χ1n) is 6.45. The molecule has 3 N–H and O–H groups in total. The van der Waals surface area contributed by atoms with Crippen molar-refractivity contribution in [2.45, 2.75) is 37.5 Å². The molecule has 1 amide bonds. The van der Waals surface area contributed by atoms with Gasteiger partial charge in [0.1, 0.15) is 6.61 Å². The van der Waals surface area contributed by atoms with E-state index in [0.29, 0.717) is 12.8 Å². The summed E-state index contributed by atoms with van der Waals surface area (Å²) < 4.78 is 5.01. The molecule has 2 atom stereocenters. The number of rotatable bonds is 4. The van der Waals surface area contributed by atoms with Crippen molar-refractivity contribution in [1.82, 2.24) is 5.32 Å². The maximum atomic E-state index is 11.6. The molecule has 20 heavy (non-hydrogen) atoms. The number of carboxylic acid groups (broad SMARTS) is 1. The summed E-state index contributed by atoms with van der Waals surface area (Å²) in [5.74, 6) is -1.32. The van der Waals surface area contributed by atoms with Gasteiger partial charge in [-0.25, -0.2) is 9.59 Å². The average molecular weight is 279 g/mol. The lowest BCUT2D eigenvalue weighted by atomic mass is 9.98. The maximum Gasteiger partial charge on any atom is 0.407 e. The molecule has 2 rings (SSSR count). The van der Waals surface area contributed by atoms with Crippen LogP contribution in [0.5, 0.6) is 0 Å². The minimum atomic E-state index is -1.90. The van der Waals surface area contributed by atoms with Crippen LogP contribution in [0, 0.1) is 0 Å². The van der Waals surface area contributed by atoms with Crippen LogP contribution in [-0.4, -0.2) is 33.9 Å². The van der Waals surface area contributed by atoms with Crippen LogP contribution in [0.25, 0.3) is 0 Å². The van der Waals surface area contributed by atoms with Gasteiger partial charge in [0.2, 0.25) is 0 Å². The van der Waals surface area contributed by atoms with E-state index in [0.717, 1.165) is 5.56 Å². The van der Waals surface area contributed by atoms with E-state index < -0.39 is 23.7 Å². The number of ether oxygens (including phenoxy) is 1. The molecule has 0 saturated heterocycles. The van der Waals surface area contributed by atoms with Crippen molar-refractivity contribution in [1.29, 1.82) is 0 Å². The summed E-state index contributed by atoms with van der Waals surface area (Å²) in [4.78, 5) is 22.7. The molecular formula is C14H17NO5. The zero-order chi connectivity index (χ0) is 14.6.